The minimum absolute atomic E-state index is 0.470. The fourth-order valence-corrected chi connectivity index (χ4v) is 1.69. The first kappa shape index (κ1) is 15.1. The number of aryl methyl sites for hydroxylation is 1. The molecule has 0 spiro atoms. The number of anilines is 3. The highest BCUT2D eigenvalue weighted by Crippen LogP contribution is 2.30. The van der Waals surface area contributed by atoms with E-state index in [1.165, 1.54) is 12.1 Å². The minimum Gasteiger partial charge on any atom is -0.354 e. The van der Waals surface area contributed by atoms with Gasteiger partial charge in [-0.2, -0.15) is 18.2 Å². The predicted octanol–water partition coefficient (Wildman–Crippen LogP) is 3.98. The predicted molar refractivity (Wildman–Crippen MR) is 75.7 cm³/mol. The summed E-state index contributed by atoms with van der Waals surface area (Å²) < 4.78 is 37.5. The maximum Gasteiger partial charge on any atom is 0.416 e. The Hall–Kier alpha value is -2.31. The van der Waals surface area contributed by atoms with Crippen LogP contribution in [0.15, 0.2) is 30.5 Å². The first-order valence-electron chi connectivity index (χ1n) is 6.42. The van der Waals surface area contributed by atoms with Gasteiger partial charge in [0, 0.05) is 24.0 Å². The topological polar surface area (TPSA) is 49.8 Å². The molecule has 112 valence electrons. The fourth-order valence-electron chi connectivity index (χ4n) is 1.69. The van der Waals surface area contributed by atoms with Crippen molar-refractivity contribution < 1.29 is 13.2 Å². The molecule has 1 aromatic carbocycles. The van der Waals surface area contributed by atoms with E-state index in [1.54, 1.807) is 6.20 Å². The first-order chi connectivity index (χ1) is 9.90. The van der Waals surface area contributed by atoms with Gasteiger partial charge >= 0.3 is 6.18 Å². The second-order valence-electron chi connectivity index (χ2n) is 4.46. The third-order valence-electron chi connectivity index (χ3n) is 2.78. The fraction of sp³-hybridized carbons (Fsp3) is 0.286. The van der Waals surface area contributed by atoms with Crippen LogP contribution in [0.1, 0.15) is 18.1 Å². The number of benzene rings is 1. The summed E-state index contributed by atoms with van der Waals surface area (Å²) in [4.78, 5) is 8.38. The molecule has 0 aliphatic heterocycles. The molecule has 0 radical (unpaired) electrons. The van der Waals surface area contributed by atoms with Gasteiger partial charge in [0.25, 0.3) is 0 Å². The Morgan fingerprint density at radius 2 is 1.81 bits per heavy atom. The number of halogens is 3. The molecule has 1 heterocycles. The van der Waals surface area contributed by atoms with Crippen LogP contribution in [0.4, 0.5) is 30.6 Å². The average molecular weight is 296 g/mol. The molecule has 7 heteroatoms. The van der Waals surface area contributed by atoms with Crippen molar-refractivity contribution in [2.75, 3.05) is 17.2 Å². The van der Waals surface area contributed by atoms with Crippen molar-refractivity contribution in [2.45, 2.75) is 20.0 Å². The van der Waals surface area contributed by atoms with E-state index in [2.05, 4.69) is 20.6 Å². The highest BCUT2D eigenvalue weighted by Gasteiger charge is 2.29. The molecule has 1 aromatic heterocycles. The molecule has 2 N–H and O–H groups in total. The molecular weight excluding hydrogens is 281 g/mol. The summed E-state index contributed by atoms with van der Waals surface area (Å²) in [5.74, 6) is 1.03. The van der Waals surface area contributed by atoms with E-state index in [0.717, 1.165) is 17.7 Å². The van der Waals surface area contributed by atoms with Crippen LogP contribution in [-0.4, -0.2) is 16.5 Å². The molecule has 0 saturated carbocycles. The van der Waals surface area contributed by atoms with Crippen molar-refractivity contribution in [2.24, 2.45) is 0 Å². The number of rotatable bonds is 4. The molecule has 2 rings (SSSR count). The Kier molecular flexibility index (Phi) is 4.30. The van der Waals surface area contributed by atoms with Crippen molar-refractivity contribution >= 4 is 17.5 Å². The van der Waals surface area contributed by atoms with Gasteiger partial charge in [-0.15, -0.1) is 0 Å². The van der Waals surface area contributed by atoms with Crippen molar-refractivity contribution in [1.29, 1.82) is 0 Å². The SMILES string of the molecule is CCNc1ncc(C)c(Nc2ccc(C(F)(F)F)cc2)n1. The third-order valence-corrected chi connectivity index (χ3v) is 2.78. The summed E-state index contributed by atoms with van der Waals surface area (Å²) in [6.45, 7) is 4.43. The highest BCUT2D eigenvalue weighted by molar-refractivity contribution is 5.60. The van der Waals surface area contributed by atoms with Crippen molar-refractivity contribution in [3.63, 3.8) is 0 Å². The first-order valence-corrected chi connectivity index (χ1v) is 6.42. The van der Waals surface area contributed by atoms with E-state index in [-0.39, 0.29) is 0 Å². The number of aromatic nitrogens is 2. The monoisotopic (exact) mass is 296 g/mol. The quantitative estimate of drug-likeness (QED) is 0.896. The molecule has 21 heavy (non-hydrogen) atoms. The Morgan fingerprint density at radius 3 is 2.38 bits per heavy atom. The largest absolute Gasteiger partial charge is 0.416 e. The Labute approximate surface area is 120 Å². The van der Waals surface area contributed by atoms with E-state index in [0.29, 0.717) is 24.0 Å². The number of nitrogens with one attached hydrogen (secondary N) is 2. The summed E-state index contributed by atoms with van der Waals surface area (Å²) >= 11 is 0. The molecule has 0 aliphatic carbocycles. The summed E-state index contributed by atoms with van der Waals surface area (Å²) in [5, 5.41) is 5.97. The minimum atomic E-state index is -4.33. The van der Waals surface area contributed by atoms with Crippen LogP contribution in [0.2, 0.25) is 0 Å². The van der Waals surface area contributed by atoms with Gasteiger partial charge in [0.15, 0.2) is 0 Å². The molecule has 0 saturated heterocycles. The Bertz CT molecular complexity index is 609. The third kappa shape index (κ3) is 3.84. The van der Waals surface area contributed by atoms with Crippen LogP contribution in [0.3, 0.4) is 0 Å². The van der Waals surface area contributed by atoms with Gasteiger partial charge in [-0.05, 0) is 38.1 Å². The van der Waals surface area contributed by atoms with Crippen molar-refractivity contribution in [3.8, 4) is 0 Å². The Morgan fingerprint density at radius 1 is 1.14 bits per heavy atom. The van der Waals surface area contributed by atoms with E-state index < -0.39 is 11.7 Å². The van der Waals surface area contributed by atoms with E-state index in [9.17, 15) is 13.2 Å². The number of alkyl halides is 3. The lowest BCUT2D eigenvalue weighted by molar-refractivity contribution is -0.137. The van der Waals surface area contributed by atoms with Crippen LogP contribution in [-0.2, 0) is 6.18 Å². The zero-order valence-electron chi connectivity index (χ0n) is 11.6. The standard InChI is InChI=1S/C14H15F3N4/c1-3-18-13-19-8-9(2)12(21-13)20-11-6-4-10(5-7-11)14(15,16)17/h4-8H,3H2,1-2H3,(H2,18,19,20,21). The van der Waals surface area contributed by atoms with Crippen LogP contribution in [0, 0.1) is 6.92 Å². The van der Waals surface area contributed by atoms with Gasteiger partial charge in [-0.3, -0.25) is 0 Å². The van der Waals surface area contributed by atoms with Gasteiger partial charge in [0.05, 0.1) is 5.56 Å². The lowest BCUT2D eigenvalue weighted by Gasteiger charge is -2.11. The molecule has 0 amide bonds. The lowest BCUT2D eigenvalue weighted by Crippen LogP contribution is -2.06. The lowest BCUT2D eigenvalue weighted by atomic mass is 10.2. The van der Waals surface area contributed by atoms with Gasteiger partial charge in [-0.25, -0.2) is 4.98 Å². The van der Waals surface area contributed by atoms with Crippen LogP contribution in [0.25, 0.3) is 0 Å². The number of hydrogen-bond donors (Lipinski definition) is 2. The second-order valence-corrected chi connectivity index (χ2v) is 4.46. The normalized spacial score (nSPS) is 11.3. The summed E-state index contributed by atoms with van der Waals surface area (Å²) in [6, 6.07) is 4.81. The smallest absolute Gasteiger partial charge is 0.354 e. The van der Waals surface area contributed by atoms with Crippen molar-refractivity contribution in [1.82, 2.24) is 9.97 Å². The zero-order chi connectivity index (χ0) is 15.5. The molecule has 4 nitrogen and oxygen atoms in total. The molecule has 0 atom stereocenters. The summed E-state index contributed by atoms with van der Waals surface area (Å²) in [7, 11) is 0. The van der Waals surface area contributed by atoms with E-state index >= 15 is 0 Å². The van der Waals surface area contributed by atoms with E-state index in [1.807, 2.05) is 13.8 Å². The molecule has 2 aromatic rings. The molecular formula is C14H15F3N4. The van der Waals surface area contributed by atoms with Gasteiger partial charge < -0.3 is 10.6 Å². The second kappa shape index (κ2) is 5.99. The van der Waals surface area contributed by atoms with E-state index in [4.69, 9.17) is 0 Å². The maximum atomic E-state index is 12.5. The molecule has 0 aliphatic rings. The van der Waals surface area contributed by atoms with Crippen molar-refractivity contribution in [3.05, 3.63) is 41.6 Å². The molecule has 0 unspecified atom stereocenters. The highest BCUT2D eigenvalue weighted by atomic mass is 19.4. The number of nitrogens with zero attached hydrogens (tertiary/aromatic N) is 2. The maximum absolute atomic E-state index is 12.5. The van der Waals surface area contributed by atoms with Gasteiger partial charge in [0.2, 0.25) is 5.95 Å². The number of hydrogen-bond acceptors (Lipinski definition) is 4. The zero-order valence-corrected chi connectivity index (χ0v) is 11.6. The average Bonchev–Trinajstić information content (AvgIpc) is 2.42. The molecule has 0 bridgehead atoms. The van der Waals surface area contributed by atoms with Crippen LogP contribution in [0.5, 0.6) is 0 Å². The van der Waals surface area contributed by atoms with Crippen LogP contribution < -0.4 is 10.6 Å². The van der Waals surface area contributed by atoms with Crippen LogP contribution >= 0.6 is 0 Å². The van der Waals surface area contributed by atoms with Gasteiger partial charge in [-0.1, -0.05) is 0 Å². The molecule has 0 fully saturated rings. The summed E-state index contributed by atoms with van der Waals surface area (Å²) in [5.41, 5.74) is 0.657. The Balaban J connectivity index is 2.20. The van der Waals surface area contributed by atoms with Gasteiger partial charge in [0.1, 0.15) is 5.82 Å². The summed E-state index contributed by atoms with van der Waals surface area (Å²) in [6.07, 6.45) is -2.68.